The van der Waals surface area contributed by atoms with E-state index < -0.39 is 35.7 Å². The molecule has 1 aromatic heterocycles. The molecule has 0 bridgehead atoms. The van der Waals surface area contributed by atoms with Gasteiger partial charge in [0, 0.05) is 31.7 Å². The molecule has 2 unspecified atom stereocenters. The van der Waals surface area contributed by atoms with Gasteiger partial charge in [-0.15, -0.1) is 0 Å². The number of amides is 1. The van der Waals surface area contributed by atoms with E-state index in [1.807, 2.05) is 27.7 Å². The smallest absolute Gasteiger partial charge is 0.308 e. The van der Waals surface area contributed by atoms with Crippen molar-refractivity contribution in [2.24, 2.45) is 17.6 Å². The van der Waals surface area contributed by atoms with Crippen molar-refractivity contribution < 1.29 is 42.1 Å². The molecule has 9 nitrogen and oxygen atoms in total. The van der Waals surface area contributed by atoms with Gasteiger partial charge in [0.25, 0.3) is 5.91 Å². The van der Waals surface area contributed by atoms with Crippen LogP contribution in [0.25, 0.3) is 0 Å². The Kier molecular flexibility index (Phi) is 14.6. The summed E-state index contributed by atoms with van der Waals surface area (Å²) >= 11 is 0. The van der Waals surface area contributed by atoms with E-state index in [1.54, 1.807) is 6.92 Å². The summed E-state index contributed by atoms with van der Waals surface area (Å²) in [6.45, 7) is 11.0. The van der Waals surface area contributed by atoms with Crippen molar-refractivity contribution in [1.29, 1.82) is 0 Å². The lowest BCUT2D eigenvalue weighted by Gasteiger charge is -2.31. The van der Waals surface area contributed by atoms with Crippen LogP contribution < -0.4 is 19.9 Å². The molecule has 0 spiro atoms. The molecule has 0 saturated carbocycles. The molecule has 2 rings (SSSR count). The maximum atomic E-state index is 13.9. The van der Waals surface area contributed by atoms with Crippen LogP contribution in [0.3, 0.4) is 0 Å². The summed E-state index contributed by atoms with van der Waals surface area (Å²) < 4.78 is 48.3. The van der Waals surface area contributed by atoms with Crippen LogP contribution in [0, 0.1) is 23.5 Å². The van der Waals surface area contributed by atoms with E-state index in [0.717, 1.165) is 37.5 Å². The highest BCUT2D eigenvalue weighted by molar-refractivity contribution is 5.95. The zero-order valence-electron chi connectivity index (χ0n) is 24.2. The Morgan fingerprint density at radius 1 is 1.02 bits per heavy atom. The van der Waals surface area contributed by atoms with Gasteiger partial charge in [-0.1, -0.05) is 27.7 Å². The molecule has 2 aromatic rings. The van der Waals surface area contributed by atoms with Crippen LogP contribution in [0.1, 0.15) is 77.7 Å². The van der Waals surface area contributed by atoms with Crippen molar-refractivity contribution >= 4 is 17.8 Å². The van der Waals surface area contributed by atoms with Crippen molar-refractivity contribution in [1.82, 2.24) is 4.98 Å². The lowest BCUT2D eigenvalue weighted by Crippen LogP contribution is -2.39. The second-order valence-electron chi connectivity index (χ2n) is 9.51. The van der Waals surface area contributed by atoms with E-state index in [0.29, 0.717) is 12.3 Å². The first-order valence-corrected chi connectivity index (χ1v) is 13.2. The molecule has 1 aromatic carbocycles. The molecule has 0 aliphatic heterocycles. The Balaban J connectivity index is 0.000000453. The highest BCUT2D eigenvalue weighted by Crippen LogP contribution is 2.29. The average molecular weight is 567 g/mol. The number of hydrogen-bond donors (Lipinski definition) is 1. The number of pyridine rings is 1. The predicted octanol–water partition coefficient (Wildman–Crippen LogP) is 5.63. The quantitative estimate of drug-likeness (QED) is 0.309. The Hall–Kier alpha value is -3.76. The van der Waals surface area contributed by atoms with Crippen LogP contribution in [-0.4, -0.2) is 42.1 Å². The third kappa shape index (κ3) is 11.2. The van der Waals surface area contributed by atoms with Crippen LogP contribution in [0.2, 0.25) is 0 Å². The summed E-state index contributed by atoms with van der Waals surface area (Å²) in [5.41, 5.74) is 4.93. The van der Waals surface area contributed by atoms with Gasteiger partial charge in [0.2, 0.25) is 5.75 Å². The van der Waals surface area contributed by atoms with Gasteiger partial charge in [0.15, 0.2) is 23.0 Å². The SMILES string of the molecule is CCC(CC)C(Oc1cc(F)ccc1F)C(C)OC(=O)CCC(C)C.COc1ccnc(C(N)=O)c1OC(C)=O. The van der Waals surface area contributed by atoms with E-state index in [2.05, 4.69) is 4.98 Å². The Labute approximate surface area is 234 Å². The maximum Gasteiger partial charge on any atom is 0.308 e. The summed E-state index contributed by atoms with van der Waals surface area (Å²) in [6, 6.07) is 4.57. The van der Waals surface area contributed by atoms with Crippen LogP contribution in [0.5, 0.6) is 17.2 Å². The number of ether oxygens (including phenoxy) is 4. The van der Waals surface area contributed by atoms with Crippen LogP contribution in [-0.2, 0) is 14.3 Å². The van der Waals surface area contributed by atoms with Crippen molar-refractivity contribution in [3.05, 3.63) is 47.8 Å². The third-order valence-corrected chi connectivity index (χ3v) is 5.94. The van der Waals surface area contributed by atoms with Crippen LogP contribution in [0.15, 0.2) is 30.5 Å². The number of nitrogens with two attached hydrogens (primary N) is 1. The molecule has 1 amide bonds. The van der Waals surface area contributed by atoms with E-state index in [-0.39, 0.29) is 34.8 Å². The molecule has 0 saturated heterocycles. The van der Waals surface area contributed by atoms with Crippen LogP contribution >= 0.6 is 0 Å². The molecular formula is C29H40F2N2O7. The average Bonchev–Trinajstić information content (AvgIpc) is 2.89. The fourth-order valence-corrected chi connectivity index (χ4v) is 3.79. The molecular weight excluding hydrogens is 526 g/mol. The third-order valence-electron chi connectivity index (χ3n) is 5.94. The number of primary amides is 1. The number of methoxy groups -OCH3 is 1. The lowest BCUT2D eigenvalue weighted by atomic mass is 9.93. The van der Waals surface area contributed by atoms with Gasteiger partial charge in [-0.25, -0.2) is 13.8 Å². The number of carbonyl (C=O) groups is 3. The molecule has 2 N–H and O–H groups in total. The van der Waals surface area contributed by atoms with Crippen molar-refractivity contribution in [3.8, 4) is 17.2 Å². The first-order valence-electron chi connectivity index (χ1n) is 13.2. The largest absolute Gasteiger partial charge is 0.493 e. The van der Waals surface area contributed by atoms with Gasteiger partial charge in [-0.05, 0) is 50.2 Å². The Morgan fingerprint density at radius 3 is 2.20 bits per heavy atom. The van der Waals surface area contributed by atoms with Crippen LogP contribution in [0.4, 0.5) is 8.78 Å². The van der Waals surface area contributed by atoms with Gasteiger partial charge in [0.1, 0.15) is 18.0 Å². The van der Waals surface area contributed by atoms with Crippen molar-refractivity contribution in [2.45, 2.75) is 79.4 Å². The highest BCUT2D eigenvalue weighted by atomic mass is 19.1. The van der Waals surface area contributed by atoms with Gasteiger partial charge in [0.05, 0.1) is 7.11 Å². The molecule has 222 valence electrons. The monoisotopic (exact) mass is 566 g/mol. The van der Waals surface area contributed by atoms with Gasteiger partial charge in [-0.2, -0.15) is 0 Å². The van der Waals surface area contributed by atoms with E-state index in [9.17, 15) is 23.2 Å². The molecule has 2 atom stereocenters. The molecule has 11 heteroatoms. The number of esters is 2. The lowest BCUT2D eigenvalue weighted by molar-refractivity contribution is -0.155. The van der Waals surface area contributed by atoms with Gasteiger partial charge < -0.3 is 24.7 Å². The Morgan fingerprint density at radius 2 is 1.68 bits per heavy atom. The fraction of sp³-hybridized carbons (Fsp3) is 0.517. The first kappa shape index (κ1) is 34.3. The second-order valence-corrected chi connectivity index (χ2v) is 9.51. The predicted molar refractivity (Wildman–Crippen MR) is 145 cm³/mol. The molecule has 0 radical (unpaired) electrons. The number of halogens is 2. The molecule has 0 aliphatic carbocycles. The molecule has 0 fully saturated rings. The number of benzene rings is 1. The molecule has 0 aliphatic rings. The number of aromatic nitrogens is 1. The van der Waals surface area contributed by atoms with E-state index >= 15 is 0 Å². The fourth-order valence-electron chi connectivity index (χ4n) is 3.79. The van der Waals surface area contributed by atoms with Crippen molar-refractivity contribution in [2.75, 3.05) is 7.11 Å². The van der Waals surface area contributed by atoms with Gasteiger partial charge in [-0.3, -0.25) is 14.4 Å². The van der Waals surface area contributed by atoms with Crippen molar-refractivity contribution in [3.63, 3.8) is 0 Å². The van der Waals surface area contributed by atoms with E-state index in [4.69, 9.17) is 24.7 Å². The minimum absolute atomic E-state index is 0.0556. The normalized spacial score (nSPS) is 12.2. The zero-order chi connectivity index (χ0) is 30.4. The van der Waals surface area contributed by atoms with Gasteiger partial charge >= 0.3 is 11.9 Å². The standard InChI is InChI=1S/C20H30F2O3.C9H10N2O4/c1-6-15(7-2)20(14(5)24-19(23)11-8-13(3)4)25-18-12-16(21)9-10-17(18)22;1-5(12)15-8-6(14-2)3-4-11-7(8)9(10)13/h9-10,12-15,20H,6-8,11H2,1-5H3;3-4H,1-2H3,(H2,10,13). The Bertz CT molecular complexity index is 1120. The summed E-state index contributed by atoms with van der Waals surface area (Å²) in [5, 5.41) is 0. The minimum atomic E-state index is -0.787. The molecule has 40 heavy (non-hydrogen) atoms. The number of nitrogens with zero attached hydrogens (tertiary/aromatic N) is 1. The summed E-state index contributed by atoms with van der Waals surface area (Å²) in [4.78, 5) is 37.5. The second kappa shape index (κ2) is 17.0. The number of carbonyl (C=O) groups excluding carboxylic acids is 3. The summed E-state index contributed by atoms with van der Waals surface area (Å²) in [5.74, 6) is -2.35. The number of rotatable bonds is 13. The molecule has 1 heterocycles. The maximum absolute atomic E-state index is 13.9. The highest BCUT2D eigenvalue weighted by Gasteiger charge is 2.30. The minimum Gasteiger partial charge on any atom is -0.493 e. The zero-order valence-corrected chi connectivity index (χ0v) is 24.2. The summed E-state index contributed by atoms with van der Waals surface area (Å²) in [6.07, 6.45) is 2.91. The number of hydrogen-bond acceptors (Lipinski definition) is 8. The first-order chi connectivity index (χ1) is 18.8. The van der Waals surface area contributed by atoms with E-state index in [1.165, 1.54) is 26.3 Å². The topological polar surface area (TPSA) is 127 Å². The summed E-state index contributed by atoms with van der Waals surface area (Å²) in [7, 11) is 1.38.